The Kier molecular flexibility index (Phi) is 4.93. The number of halogens is 1. The maximum Gasteiger partial charge on any atom is 0.128 e. The summed E-state index contributed by atoms with van der Waals surface area (Å²) in [5.41, 5.74) is 12.2. The Balaban J connectivity index is 1.83. The maximum absolute atomic E-state index is 5.93. The number of nitrogens with zero attached hydrogens (tertiary/aromatic N) is 1. The van der Waals surface area contributed by atoms with Crippen LogP contribution in [0.1, 0.15) is 74.9 Å². The number of ether oxygens (including phenoxy) is 1. The van der Waals surface area contributed by atoms with Gasteiger partial charge in [-0.2, -0.15) is 0 Å². The summed E-state index contributed by atoms with van der Waals surface area (Å²) in [5, 5.41) is 0. The first kappa shape index (κ1) is 23.5. The molecule has 0 amide bonds. The molecule has 4 aromatic rings. The number of fused-ring (bicyclic) bond motifs is 10. The van der Waals surface area contributed by atoms with Crippen LogP contribution in [0.25, 0.3) is 22.4 Å². The van der Waals surface area contributed by atoms with Gasteiger partial charge in [0.05, 0.1) is 18.2 Å². The van der Waals surface area contributed by atoms with Crippen LogP contribution >= 0.6 is 15.9 Å². The van der Waals surface area contributed by atoms with Crippen molar-refractivity contribution < 1.29 is 4.74 Å². The minimum atomic E-state index is -0.444. The van der Waals surface area contributed by atoms with Gasteiger partial charge in [-0.3, -0.25) is 0 Å². The Morgan fingerprint density at radius 3 is 1.81 bits per heavy atom. The summed E-state index contributed by atoms with van der Waals surface area (Å²) < 4.78 is 6.77. The van der Waals surface area contributed by atoms with Gasteiger partial charge in [0.15, 0.2) is 0 Å². The van der Waals surface area contributed by atoms with Gasteiger partial charge in [0.2, 0.25) is 0 Å². The van der Waals surface area contributed by atoms with Gasteiger partial charge < -0.3 is 4.74 Å². The van der Waals surface area contributed by atoms with Crippen molar-refractivity contribution in [1.29, 1.82) is 0 Å². The highest BCUT2D eigenvalue weighted by atomic mass is 79.9. The number of rotatable bonds is 1. The molecule has 2 nitrogen and oxygen atoms in total. The fourth-order valence-electron chi connectivity index (χ4n) is 6.17. The summed E-state index contributed by atoms with van der Waals surface area (Å²) in [5.74, 6) is 0.866. The first-order valence-corrected chi connectivity index (χ1v) is 13.4. The summed E-state index contributed by atoms with van der Waals surface area (Å²) in [6.45, 7) is 13.7. The molecule has 0 atom stereocenters. The molecule has 3 heteroatoms. The van der Waals surface area contributed by atoms with Gasteiger partial charge in [-0.1, -0.05) is 96.1 Å². The standard InChI is InChI=1S/C33H32BrNO/c1-31(2,3)19-11-13-21-22-14-12-20(32(4,5)6)18-26(22)33(25(21)17-19)23-9-8-10-27(36-7)29(23)30-24(33)15-16-28(34)35-30/h8-18H,1-7H3. The lowest BCUT2D eigenvalue weighted by molar-refractivity contribution is 0.416. The second kappa shape index (κ2) is 7.55. The predicted molar refractivity (Wildman–Crippen MR) is 152 cm³/mol. The van der Waals surface area contributed by atoms with Crippen molar-refractivity contribution in [2.75, 3.05) is 7.11 Å². The Morgan fingerprint density at radius 2 is 1.28 bits per heavy atom. The molecule has 36 heavy (non-hydrogen) atoms. The van der Waals surface area contributed by atoms with Crippen molar-refractivity contribution >= 4 is 15.9 Å². The van der Waals surface area contributed by atoms with Crippen LogP contribution in [0.5, 0.6) is 5.75 Å². The molecule has 2 aliphatic carbocycles. The van der Waals surface area contributed by atoms with Crippen LogP contribution in [0.4, 0.5) is 0 Å². The lowest BCUT2D eigenvalue weighted by atomic mass is 9.69. The first-order valence-electron chi connectivity index (χ1n) is 12.6. The van der Waals surface area contributed by atoms with Crippen molar-refractivity contribution in [2.45, 2.75) is 57.8 Å². The van der Waals surface area contributed by atoms with Crippen molar-refractivity contribution in [2.24, 2.45) is 0 Å². The highest BCUT2D eigenvalue weighted by Gasteiger charge is 2.53. The molecule has 0 saturated heterocycles. The summed E-state index contributed by atoms with van der Waals surface area (Å²) in [6, 6.07) is 25.0. The molecule has 0 bridgehead atoms. The molecule has 3 aromatic carbocycles. The van der Waals surface area contributed by atoms with E-state index in [1.165, 1.54) is 44.5 Å². The highest BCUT2D eigenvalue weighted by molar-refractivity contribution is 9.10. The van der Waals surface area contributed by atoms with Crippen LogP contribution in [0, 0.1) is 0 Å². The maximum atomic E-state index is 5.93. The van der Waals surface area contributed by atoms with Crippen molar-refractivity contribution in [3.05, 3.63) is 105 Å². The fraction of sp³-hybridized carbons (Fsp3) is 0.303. The zero-order chi connectivity index (χ0) is 25.6. The Bertz CT molecular complexity index is 1490. The van der Waals surface area contributed by atoms with Crippen LogP contribution in [-0.2, 0) is 16.2 Å². The van der Waals surface area contributed by atoms with Gasteiger partial charge in [-0.15, -0.1) is 0 Å². The van der Waals surface area contributed by atoms with Gasteiger partial charge >= 0.3 is 0 Å². The van der Waals surface area contributed by atoms with E-state index >= 15 is 0 Å². The van der Waals surface area contributed by atoms with E-state index in [2.05, 4.69) is 124 Å². The van der Waals surface area contributed by atoms with Gasteiger partial charge in [-0.05, 0) is 83.4 Å². The van der Waals surface area contributed by atoms with Gasteiger partial charge in [-0.25, -0.2) is 4.98 Å². The van der Waals surface area contributed by atoms with E-state index in [-0.39, 0.29) is 10.8 Å². The summed E-state index contributed by atoms with van der Waals surface area (Å²) in [7, 11) is 1.75. The average Bonchev–Trinajstić information content (AvgIpc) is 3.28. The van der Waals surface area contributed by atoms with Crippen LogP contribution < -0.4 is 4.74 Å². The van der Waals surface area contributed by atoms with E-state index in [4.69, 9.17) is 9.72 Å². The Labute approximate surface area is 222 Å². The predicted octanol–water partition coefficient (Wildman–Crippen LogP) is 8.79. The number of benzene rings is 3. The quantitative estimate of drug-likeness (QED) is 0.195. The largest absolute Gasteiger partial charge is 0.496 e. The third kappa shape index (κ3) is 3.05. The molecule has 0 N–H and O–H groups in total. The number of hydrogen-bond donors (Lipinski definition) is 0. The lowest BCUT2D eigenvalue weighted by Gasteiger charge is -2.32. The van der Waals surface area contributed by atoms with Crippen molar-refractivity contribution in [3.63, 3.8) is 0 Å². The molecule has 0 aliphatic heterocycles. The Morgan fingerprint density at radius 1 is 0.694 bits per heavy atom. The molecule has 1 spiro atoms. The van der Waals surface area contributed by atoms with E-state index in [0.29, 0.717) is 0 Å². The molecule has 1 aromatic heterocycles. The number of methoxy groups -OCH3 is 1. The minimum absolute atomic E-state index is 0.0399. The first-order chi connectivity index (χ1) is 17.0. The SMILES string of the molecule is COc1cccc2c1-c1nc(Br)ccc1C21c2cc(C(C)(C)C)ccc2-c2ccc(C(C)(C)C)cc21. The van der Waals surface area contributed by atoms with Crippen molar-refractivity contribution in [3.8, 4) is 28.1 Å². The molecular formula is C33H32BrNO. The molecule has 182 valence electrons. The fourth-order valence-corrected chi connectivity index (χ4v) is 6.48. The molecular weight excluding hydrogens is 506 g/mol. The third-order valence-corrected chi connectivity index (χ3v) is 8.46. The van der Waals surface area contributed by atoms with E-state index in [9.17, 15) is 0 Å². The molecule has 0 saturated carbocycles. The number of pyridine rings is 1. The molecule has 0 fully saturated rings. The summed E-state index contributed by atoms with van der Waals surface area (Å²) in [4.78, 5) is 5.05. The zero-order valence-electron chi connectivity index (χ0n) is 22.1. The molecule has 0 unspecified atom stereocenters. The second-order valence-electron chi connectivity index (χ2n) is 12.2. The average molecular weight is 539 g/mol. The monoisotopic (exact) mass is 537 g/mol. The van der Waals surface area contributed by atoms with E-state index < -0.39 is 5.41 Å². The molecule has 0 radical (unpaired) electrons. The molecule has 6 rings (SSSR count). The molecule has 1 heterocycles. The third-order valence-electron chi connectivity index (χ3n) is 8.02. The van der Waals surface area contributed by atoms with Crippen LogP contribution in [-0.4, -0.2) is 12.1 Å². The normalized spacial score (nSPS) is 14.9. The Hall–Kier alpha value is -2.91. The number of aromatic nitrogens is 1. The minimum Gasteiger partial charge on any atom is -0.496 e. The van der Waals surface area contributed by atoms with Gasteiger partial charge in [0, 0.05) is 5.56 Å². The number of hydrogen-bond acceptors (Lipinski definition) is 2. The van der Waals surface area contributed by atoms with Crippen LogP contribution in [0.15, 0.2) is 71.3 Å². The smallest absolute Gasteiger partial charge is 0.128 e. The van der Waals surface area contributed by atoms with Crippen LogP contribution in [0.3, 0.4) is 0 Å². The molecule has 2 aliphatic rings. The van der Waals surface area contributed by atoms with Crippen molar-refractivity contribution in [1.82, 2.24) is 4.98 Å². The topological polar surface area (TPSA) is 22.1 Å². The van der Waals surface area contributed by atoms with Gasteiger partial charge in [0.1, 0.15) is 10.4 Å². The van der Waals surface area contributed by atoms with Gasteiger partial charge in [0.25, 0.3) is 0 Å². The van der Waals surface area contributed by atoms with E-state index in [1.54, 1.807) is 7.11 Å². The van der Waals surface area contributed by atoms with E-state index in [1.807, 2.05) is 0 Å². The highest BCUT2D eigenvalue weighted by Crippen LogP contribution is 2.64. The summed E-state index contributed by atoms with van der Waals surface area (Å²) >= 11 is 3.65. The van der Waals surface area contributed by atoms with E-state index in [0.717, 1.165) is 21.6 Å². The second-order valence-corrected chi connectivity index (χ2v) is 13.0. The zero-order valence-corrected chi connectivity index (χ0v) is 23.7. The summed E-state index contributed by atoms with van der Waals surface area (Å²) in [6.07, 6.45) is 0. The lowest BCUT2D eigenvalue weighted by Crippen LogP contribution is -2.27. The van der Waals surface area contributed by atoms with Crippen LogP contribution in [0.2, 0.25) is 0 Å².